The topological polar surface area (TPSA) is 59.1 Å². The van der Waals surface area contributed by atoms with Gasteiger partial charge in [0, 0.05) is 11.0 Å². The molecule has 3 aromatic rings. The minimum Gasteiger partial charge on any atom is -0.497 e. The number of anilines is 2. The number of hydroxylamine groups is 1. The van der Waals surface area contributed by atoms with E-state index in [0.717, 1.165) is 16.1 Å². The largest absolute Gasteiger partial charge is 0.497 e. The number of nitrogens with zero attached hydrogens (tertiary/aromatic N) is 2. The molecule has 0 aromatic heterocycles. The second kappa shape index (κ2) is 8.33. The lowest BCUT2D eigenvalue weighted by Gasteiger charge is -2.29. The van der Waals surface area contributed by atoms with Gasteiger partial charge in [-0.2, -0.15) is 0 Å². The lowest BCUT2D eigenvalue weighted by Crippen LogP contribution is -2.37. The summed E-state index contributed by atoms with van der Waals surface area (Å²) in [6.45, 7) is 0. The van der Waals surface area contributed by atoms with Crippen LogP contribution < -0.4 is 14.7 Å². The maximum atomic E-state index is 13.6. The molecule has 7 heteroatoms. The van der Waals surface area contributed by atoms with Gasteiger partial charge in [-0.3, -0.25) is 14.4 Å². The van der Waals surface area contributed by atoms with Crippen LogP contribution in [0.3, 0.4) is 0 Å². The molecular weight excluding hydrogens is 424 g/mol. The predicted molar refractivity (Wildman–Crippen MR) is 124 cm³/mol. The summed E-state index contributed by atoms with van der Waals surface area (Å²) < 4.78 is 5.28. The first-order chi connectivity index (χ1) is 15.6. The number of rotatable bonds is 5. The molecule has 0 radical (unpaired) electrons. The van der Waals surface area contributed by atoms with E-state index in [9.17, 15) is 9.59 Å². The Morgan fingerprint density at radius 1 is 0.875 bits per heavy atom. The van der Waals surface area contributed by atoms with Crippen molar-refractivity contribution in [3.63, 3.8) is 0 Å². The summed E-state index contributed by atoms with van der Waals surface area (Å²) in [6.07, 6.45) is 1.13. The van der Waals surface area contributed by atoms with Gasteiger partial charge in [-0.15, -0.1) is 11.8 Å². The monoisotopic (exact) mass is 446 g/mol. The van der Waals surface area contributed by atoms with Gasteiger partial charge in [-0.25, -0.2) is 9.96 Å². The van der Waals surface area contributed by atoms with Crippen molar-refractivity contribution in [2.24, 2.45) is 5.92 Å². The smallest absolute Gasteiger partial charge is 0.266 e. The fourth-order valence-corrected chi connectivity index (χ4v) is 4.77. The van der Waals surface area contributed by atoms with Crippen molar-refractivity contribution in [3.05, 3.63) is 84.4 Å². The molecule has 5 rings (SSSR count). The summed E-state index contributed by atoms with van der Waals surface area (Å²) in [5.41, 5.74) is 2.21. The van der Waals surface area contributed by atoms with Gasteiger partial charge in [0.2, 0.25) is 5.91 Å². The quantitative estimate of drug-likeness (QED) is 0.426. The van der Waals surface area contributed by atoms with Crippen LogP contribution in [0.15, 0.2) is 83.8 Å². The predicted octanol–water partition coefficient (Wildman–Crippen LogP) is 4.47. The molecule has 2 amide bonds. The van der Waals surface area contributed by atoms with E-state index in [1.807, 2.05) is 60.9 Å². The van der Waals surface area contributed by atoms with Gasteiger partial charge in [0.25, 0.3) is 5.91 Å². The molecule has 2 heterocycles. The van der Waals surface area contributed by atoms with Gasteiger partial charge in [-0.1, -0.05) is 36.4 Å². The molecule has 2 aliphatic rings. The number of hydrogen-bond acceptors (Lipinski definition) is 6. The highest BCUT2D eigenvalue weighted by molar-refractivity contribution is 7.98. The first-order valence-electron chi connectivity index (χ1n) is 10.3. The number of methoxy groups -OCH3 is 1. The SMILES string of the molecule is COc1cccc(N2C(=O)[C@@H]3[C@@H](ON(c4ccccc4)[C@H]3c3ccc(SC)cc3)C2=O)c1. The number of amides is 2. The van der Waals surface area contributed by atoms with Crippen molar-refractivity contribution in [3.8, 4) is 5.75 Å². The number of imide groups is 1. The minimum absolute atomic E-state index is 0.273. The second-order valence-electron chi connectivity index (χ2n) is 7.64. The lowest BCUT2D eigenvalue weighted by molar-refractivity contribution is -0.126. The van der Waals surface area contributed by atoms with Gasteiger partial charge in [0.1, 0.15) is 11.7 Å². The minimum atomic E-state index is -0.890. The van der Waals surface area contributed by atoms with Crippen LogP contribution in [0.5, 0.6) is 5.75 Å². The number of fused-ring (bicyclic) bond motifs is 1. The molecule has 2 aliphatic heterocycles. The zero-order valence-corrected chi connectivity index (χ0v) is 18.5. The first kappa shape index (κ1) is 20.6. The van der Waals surface area contributed by atoms with Crippen molar-refractivity contribution in [2.45, 2.75) is 17.0 Å². The van der Waals surface area contributed by atoms with Crippen molar-refractivity contribution >= 4 is 35.0 Å². The molecule has 32 heavy (non-hydrogen) atoms. The van der Waals surface area contributed by atoms with Gasteiger partial charge >= 0.3 is 0 Å². The maximum Gasteiger partial charge on any atom is 0.266 e. The summed E-state index contributed by atoms with van der Waals surface area (Å²) in [5.74, 6) is -0.715. The van der Waals surface area contributed by atoms with E-state index in [-0.39, 0.29) is 11.8 Å². The first-order valence-corrected chi connectivity index (χ1v) is 11.5. The zero-order chi connectivity index (χ0) is 22.2. The van der Waals surface area contributed by atoms with E-state index in [0.29, 0.717) is 11.4 Å². The zero-order valence-electron chi connectivity index (χ0n) is 17.7. The number of thioether (sulfide) groups is 1. The molecule has 2 saturated heterocycles. The molecule has 3 atom stereocenters. The molecule has 6 nitrogen and oxygen atoms in total. The van der Waals surface area contributed by atoms with E-state index in [1.54, 1.807) is 48.2 Å². The Kier molecular flexibility index (Phi) is 5.36. The number of hydrogen-bond donors (Lipinski definition) is 0. The Morgan fingerprint density at radius 3 is 2.28 bits per heavy atom. The number of ether oxygens (including phenoxy) is 1. The van der Waals surface area contributed by atoms with Crippen LogP contribution in [0.4, 0.5) is 11.4 Å². The molecule has 0 unspecified atom stereocenters. The lowest BCUT2D eigenvalue weighted by atomic mass is 9.90. The molecule has 2 fully saturated rings. The van der Waals surface area contributed by atoms with Crippen molar-refractivity contribution in [2.75, 3.05) is 23.3 Å². The van der Waals surface area contributed by atoms with Gasteiger partial charge in [0.15, 0.2) is 6.10 Å². The van der Waals surface area contributed by atoms with E-state index >= 15 is 0 Å². The number of para-hydroxylation sites is 1. The van der Waals surface area contributed by atoms with Crippen molar-refractivity contribution in [1.29, 1.82) is 0 Å². The number of carbonyl (C=O) groups excluding carboxylic acids is 2. The molecule has 0 N–H and O–H groups in total. The Balaban J connectivity index is 1.57. The van der Waals surface area contributed by atoms with Crippen LogP contribution in [0.1, 0.15) is 11.6 Å². The Labute approximate surface area is 190 Å². The Morgan fingerprint density at radius 2 is 1.59 bits per heavy atom. The van der Waals surface area contributed by atoms with E-state index in [1.165, 1.54) is 4.90 Å². The third-order valence-electron chi connectivity index (χ3n) is 5.89. The molecular formula is C25H22N2O4S. The van der Waals surface area contributed by atoms with Crippen LogP contribution in [0, 0.1) is 5.92 Å². The summed E-state index contributed by atoms with van der Waals surface area (Å²) in [4.78, 5) is 35.5. The molecule has 0 saturated carbocycles. The maximum absolute atomic E-state index is 13.6. The molecule has 0 spiro atoms. The summed E-state index contributed by atoms with van der Waals surface area (Å²) in [6, 6.07) is 24.2. The Bertz CT molecular complexity index is 1150. The van der Waals surface area contributed by atoms with Gasteiger partial charge in [0.05, 0.1) is 24.5 Å². The van der Waals surface area contributed by atoms with Gasteiger partial charge in [-0.05, 0) is 48.2 Å². The third kappa shape index (κ3) is 3.34. The fourth-order valence-electron chi connectivity index (χ4n) is 4.36. The average molecular weight is 447 g/mol. The molecule has 3 aromatic carbocycles. The van der Waals surface area contributed by atoms with Crippen molar-refractivity contribution in [1.82, 2.24) is 0 Å². The van der Waals surface area contributed by atoms with Crippen molar-refractivity contribution < 1.29 is 19.2 Å². The van der Waals surface area contributed by atoms with Crippen LogP contribution in [0.25, 0.3) is 0 Å². The second-order valence-corrected chi connectivity index (χ2v) is 8.52. The fraction of sp³-hybridized carbons (Fsp3) is 0.200. The van der Waals surface area contributed by atoms with Crippen LogP contribution in [-0.4, -0.2) is 31.3 Å². The van der Waals surface area contributed by atoms with E-state index in [4.69, 9.17) is 9.57 Å². The summed E-state index contributed by atoms with van der Waals surface area (Å²) in [7, 11) is 1.55. The number of benzene rings is 3. The highest BCUT2D eigenvalue weighted by Gasteiger charge is 2.60. The summed E-state index contributed by atoms with van der Waals surface area (Å²) in [5, 5.41) is 1.71. The number of carbonyl (C=O) groups is 2. The molecule has 0 bridgehead atoms. The highest BCUT2D eigenvalue weighted by atomic mass is 32.2. The van der Waals surface area contributed by atoms with Crippen LogP contribution in [0.2, 0.25) is 0 Å². The van der Waals surface area contributed by atoms with Crippen LogP contribution in [-0.2, 0) is 14.4 Å². The Hall–Kier alpha value is -3.29. The average Bonchev–Trinajstić information content (AvgIpc) is 3.35. The van der Waals surface area contributed by atoms with E-state index in [2.05, 4.69) is 0 Å². The summed E-state index contributed by atoms with van der Waals surface area (Å²) >= 11 is 1.65. The standard InChI is InChI=1S/C25H22N2O4S/c1-30-19-10-6-9-18(15-19)26-24(28)21-22(16-11-13-20(32-2)14-12-16)27(31-23(21)25(26)29)17-7-4-3-5-8-17/h3-15,21-23H,1-2H3/t21-,22-,23+/m0/s1. The highest BCUT2D eigenvalue weighted by Crippen LogP contribution is 2.47. The normalized spacial score (nSPS) is 22.4. The third-order valence-corrected chi connectivity index (χ3v) is 6.64. The van der Waals surface area contributed by atoms with Crippen LogP contribution >= 0.6 is 11.8 Å². The van der Waals surface area contributed by atoms with Gasteiger partial charge < -0.3 is 4.74 Å². The molecule has 162 valence electrons. The van der Waals surface area contributed by atoms with E-state index < -0.39 is 18.1 Å². The molecule has 0 aliphatic carbocycles.